The summed E-state index contributed by atoms with van der Waals surface area (Å²) < 4.78 is 16.2. The summed E-state index contributed by atoms with van der Waals surface area (Å²) in [4.78, 5) is 5.46. The highest BCUT2D eigenvalue weighted by atomic mass is 16.3. The van der Waals surface area contributed by atoms with Crippen molar-refractivity contribution >= 4 is 43.9 Å². The molecule has 0 fully saturated rings. The SMILES string of the molecule is CC(C)c1cc(-c2ccccc2)cc(C(C)C)c1-n1c(-c2cc3oc(-c4ccccc4)cc3c3c2oc2cc(-c4ccccc4)ccc23)nc2ccccc21. The number of nitrogens with zero attached hydrogens (tertiary/aromatic N) is 2. The lowest BCUT2D eigenvalue weighted by molar-refractivity contribution is 0.631. The molecule has 0 aliphatic carbocycles. The first kappa shape index (κ1) is 33.0. The van der Waals surface area contributed by atoms with Crippen molar-refractivity contribution in [1.82, 2.24) is 9.55 Å². The van der Waals surface area contributed by atoms with Crippen LogP contribution < -0.4 is 0 Å². The van der Waals surface area contributed by atoms with Crippen LogP contribution in [0, 0.1) is 0 Å². The number of hydrogen-bond donors (Lipinski definition) is 0. The highest BCUT2D eigenvalue weighted by Crippen LogP contribution is 2.46. The van der Waals surface area contributed by atoms with Crippen LogP contribution in [-0.2, 0) is 0 Å². The van der Waals surface area contributed by atoms with Gasteiger partial charge in [-0.1, -0.05) is 137 Å². The number of rotatable bonds is 7. The van der Waals surface area contributed by atoms with E-state index in [2.05, 4.69) is 166 Å². The number of benzene rings is 7. The third-order valence-corrected chi connectivity index (χ3v) is 11.0. The summed E-state index contributed by atoms with van der Waals surface area (Å²) in [5.74, 6) is 2.13. The first-order chi connectivity index (χ1) is 26.9. The predicted molar refractivity (Wildman–Crippen MR) is 228 cm³/mol. The van der Waals surface area contributed by atoms with Crippen LogP contribution in [0.25, 0.3) is 94.6 Å². The molecule has 7 aromatic carbocycles. The first-order valence-electron chi connectivity index (χ1n) is 19.2. The number of para-hydroxylation sites is 2. The van der Waals surface area contributed by atoms with Crippen molar-refractivity contribution in [3.05, 3.63) is 169 Å². The minimum absolute atomic E-state index is 0.244. The van der Waals surface area contributed by atoms with Crippen LogP contribution in [-0.4, -0.2) is 9.55 Å². The van der Waals surface area contributed by atoms with Crippen molar-refractivity contribution in [1.29, 1.82) is 0 Å². The topological polar surface area (TPSA) is 44.1 Å². The van der Waals surface area contributed by atoms with Crippen molar-refractivity contribution in [3.63, 3.8) is 0 Å². The maximum atomic E-state index is 7.05. The average molecular weight is 713 g/mol. The molecule has 0 aliphatic rings. The molecule has 0 radical (unpaired) electrons. The van der Waals surface area contributed by atoms with E-state index >= 15 is 0 Å². The minimum atomic E-state index is 0.244. The fourth-order valence-corrected chi connectivity index (χ4v) is 8.23. The smallest absolute Gasteiger partial charge is 0.149 e. The van der Waals surface area contributed by atoms with Crippen molar-refractivity contribution in [2.24, 2.45) is 0 Å². The molecule has 3 aromatic heterocycles. The van der Waals surface area contributed by atoms with Crippen LogP contribution in [0.5, 0.6) is 0 Å². The van der Waals surface area contributed by atoms with E-state index in [4.69, 9.17) is 13.8 Å². The molecule has 0 N–H and O–H groups in total. The van der Waals surface area contributed by atoms with Gasteiger partial charge in [0.2, 0.25) is 0 Å². The normalized spacial score (nSPS) is 12.0. The molecule has 4 nitrogen and oxygen atoms in total. The number of aromatic nitrogens is 2. The molecule has 0 aliphatic heterocycles. The molecule has 0 bridgehead atoms. The van der Waals surface area contributed by atoms with Gasteiger partial charge in [-0.05, 0) is 93.7 Å². The first-order valence-corrected chi connectivity index (χ1v) is 19.2. The van der Waals surface area contributed by atoms with Gasteiger partial charge in [0.05, 0.1) is 22.3 Å². The zero-order valence-electron chi connectivity index (χ0n) is 31.4. The molecule has 0 saturated carbocycles. The van der Waals surface area contributed by atoms with Gasteiger partial charge < -0.3 is 8.83 Å². The van der Waals surface area contributed by atoms with E-state index in [0.717, 1.165) is 77.8 Å². The van der Waals surface area contributed by atoms with Crippen molar-refractivity contribution < 1.29 is 8.83 Å². The zero-order chi connectivity index (χ0) is 37.2. The fourth-order valence-electron chi connectivity index (χ4n) is 8.23. The predicted octanol–water partition coefficient (Wildman–Crippen LogP) is 14.6. The van der Waals surface area contributed by atoms with Gasteiger partial charge in [0.25, 0.3) is 0 Å². The summed E-state index contributed by atoms with van der Waals surface area (Å²) in [7, 11) is 0. The van der Waals surface area contributed by atoms with Gasteiger partial charge in [0.1, 0.15) is 28.3 Å². The second kappa shape index (κ2) is 13.0. The van der Waals surface area contributed by atoms with Crippen molar-refractivity contribution in [2.45, 2.75) is 39.5 Å². The summed E-state index contributed by atoms with van der Waals surface area (Å²) in [5, 5.41) is 3.09. The van der Waals surface area contributed by atoms with E-state index in [-0.39, 0.29) is 11.8 Å². The third-order valence-electron chi connectivity index (χ3n) is 11.0. The van der Waals surface area contributed by atoms with Crippen LogP contribution in [0.1, 0.15) is 50.7 Å². The summed E-state index contributed by atoms with van der Waals surface area (Å²) >= 11 is 0. The lowest BCUT2D eigenvalue weighted by Gasteiger charge is -2.24. The molecule has 10 rings (SSSR count). The molecule has 55 heavy (non-hydrogen) atoms. The molecule has 10 aromatic rings. The van der Waals surface area contributed by atoms with Crippen LogP contribution in [0.15, 0.2) is 167 Å². The van der Waals surface area contributed by atoms with Crippen LogP contribution in [0.3, 0.4) is 0 Å². The lowest BCUT2D eigenvalue weighted by atomic mass is 9.88. The quantitative estimate of drug-likeness (QED) is 0.165. The summed E-state index contributed by atoms with van der Waals surface area (Å²) in [6.07, 6.45) is 0. The van der Waals surface area contributed by atoms with Gasteiger partial charge in [-0.2, -0.15) is 0 Å². The second-order valence-corrected chi connectivity index (χ2v) is 15.1. The number of fused-ring (bicyclic) bond motifs is 6. The Balaban J connectivity index is 1.31. The van der Waals surface area contributed by atoms with Gasteiger partial charge in [0.15, 0.2) is 0 Å². The Kier molecular flexibility index (Phi) is 7.81. The molecule has 4 heteroatoms. The Labute approximate surface area is 320 Å². The second-order valence-electron chi connectivity index (χ2n) is 15.1. The van der Waals surface area contributed by atoms with E-state index in [1.54, 1.807) is 0 Å². The van der Waals surface area contributed by atoms with E-state index < -0.39 is 0 Å². The minimum Gasteiger partial charge on any atom is -0.456 e. The molecular formula is C51H40N2O2. The molecule has 0 atom stereocenters. The van der Waals surface area contributed by atoms with Crippen LogP contribution >= 0.6 is 0 Å². The van der Waals surface area contributed by atoms with Crippen molar-refractivity contribution in [2.75, 3.05) is 0 Å². The van der Waals surface area contributed by atoms with Crippen LogP contribution in [0.2, 0.25) is 0 Å². The fraction of sp³-hybridized carbons (Fsp3) is 0.118. The molecule has 3 heterocycles. The van der Waals surface area contributed by atoms with Gasteiger partial charge in [0, 0.05) is 21.7 Å². The highest BCUT2D eigenvalue weighted by Gasteiger charge is 2.27. The Hall–Kier alpha value is -6.65. The van der Waals surface area contributed by atoms with Gasteiger partial charge in [-0.25, -0.2) is 4.98 Å². The molecular weight excluding hydrogens is 673 g/mol. The van der Waals surface area contributed by atoms with E-state index in [0.29, 0.717) is 0 Å². The average Bonchev–Trinajstić information content (AvgIpc) is 3.94. The third kappa shape index (κ3) is 5.48. The Morgan fingerprint density at radius 2 is 1.07 bits per heavy atom. The molecule has 0 unspecified atom stereocenters. The zero-order valence-corrected chi connectivity index (χ0v) is 31.4. The highest BCUT2D eigenvalue weighted by molar-refractivity contribution is 6.22. The van der Waals surface area contributed by atoms with E-state index in [9.17, 15) is 0 Å². The number of hydrogen-bond acceptors (Lipinski definition) is 3. The molecule has 0 saturated heterocycles. The maximum Gasteiger partial charge on any atom is 0.149 e. The Bertz CT molecular complexity index is 2990. The summed E-state index contributed by atoms with van der Waals surface area (Å²) in [6, 6.07) is 55.6. The van der Waals surface area contributed by atoms with E-state index in [1.165, 1.54) is 27.9 Å². The summed E-state index contributed by atoms with van der Waals surface area (Å²) in [5.41, 5.74) is 14.7. The molecule has 0 spiro atoms. The number of furan rings is 2. The largest absolute Gasteiger partial charge is 0.456 e. The van der Waals surface area contributed by atoms with Crippen LogP contribution in [0.4, 0.5) is 0 Å². The standard InChI is InChI=1S/C51H40N2O2/c1-31(2)39-26-37(34-18-10-6-11-19-34)27-40(32(3)4)49(39)53-44-23-15-14-22-43(44)52-51(53)42-30-47-41(29-45(54-47)35-20-12-7-13-21-35)48-38-25-24-36(28-46(38)55-50(42)48)33-16-8-5-9-17-33/h5-32H,1-4H3. The molecule has 266 valence electrons. The Morgan fingerprint density at radius 1 is 0.491 bits per heavy atom. The van der Waals surface area contributed by atoms with Crippen molar-refractivity contribution in [3.8, 4) is 50.7 Å². The Morgan fingerprint density at radius 3 is 1.73 bits per heavy atom. The number of imidazole rings is 1. The lowest BCUT2D eigenvalue weighted by Crippen LogP contribution is -2.09. The summed E-state index contributed by atoms with van der Waals surface area (Å²) in [6.45, 7) is 9.16. The monoisotopic (exact) mass is 712 g/mol. The van der Waals surface area contributed by atoms with Gasteiger partial charge in [-0.3, -0.25) is 4.57 Å². The van der Waals surface area contributed by atoms with E-state index in [1.807, 2.05) is 24.3 Å². The molecule has 0 amide bonds. The van der Waals surface area contributed by atoms with Gasteiger partial charge >= 0.3 is 0 Å². The van der Waals surface area contributed by atoms with Gasteiger partial charge in [-0.15, -0.1) is 0 Å². The maximum absolute atomic E-state index is 7.05.